The van der Waals surface area contributed by atoms with E-state index in [0.29, 0.717) is 22.4 Å². The molecule has 0 fully saturated rings. The Morgan fingerprint density at radius 3 is 0.728 bits per heavy atom. The molecule has 0 saturated carbocycles. The number of rotatable bonds is 4. The molecule has 8 heteroatoms. The molecule has 2 aliphatic heterocycles. The Balaban J connectivity index is 1.39. The van der Waals surface area contributed by atoms with Crippen molar-refractivity contribution in [2.24, 2.45) is 0 Å². The summed E-state index contributed by atoms with van der Waals surface area (Å²) in [5, 5.41) is 0. The van der Waals surface area contributed by atoms with Gasteiger partial charge in [-0.25, -0.2) is 19.9 Å². The fourth-order valence-electron chi connectivity index (χ4n) is 12.7. The summed E-state index contributed by atoms with van der Waals surface area (Å²) in [4.78, 5) is 41.7. The summed E-state index contributed by atoms with van der Waals surface area (Å²) in [7, 11) is 0. The highest BCUT2D eigenvalue weighted by atomic mass is 14.9. The van der Waals surface area contributed by atoms with Gasteiger partial charge in [-0.2, -0.15) is 0 Å². The quantitative estimate of drug-likeness (QED) is 0.170. The first-order chi connectivity index (χ1) is 42.6. The molecule has 8 bridgehead atoms. The standard InChI is InChI=1S/C84H96N8/c1-77(2,3)51-33-47(34-52(41-51)78(4,5)6)69-59-25-26-60(87-59)70(48-35-53(79(7,8)9)42-54(36-48)80(10,11)12)62-28-30-64(89-62)72(50-39-57(83(19,20)21)44-58(40-50)84(22,23)24)74-76-75(90-67-45-65-66(46-68(67)91-76)86-32-31-85-65)73(92-74)71(63-29-27-61(69)88-63)49-37-55(81(13,14)15)43-56(38-49)82(16,17)18/h25-46,88-89H,1-24H3. The highest BCUT2D eigenvalue weighted by molar-refractivity contribution is 6.06. The molecule has 472 valence electrons. The number of H-pyrrole nitrogens is 2. The Bertz CT molecular complexity index is 4430. The molecule has 8 nitrogen and oxygen atoms in total. The Labute approximate surface area is 547 Å². The average Bonchev–Trinajstić information content (AvgIpc) is 1.55. The van der Waals surface area contributed by atoms with Crippen LogP contribution in [0.25, 0.3) is 124 Å². The van der Waals surface area contributed by atoms with Gasteiger partial charge < -0.3 is 9.97 Å². The van der Waals surface area contributed by atoms with E-state index in [2.05, 4.69) is 285 Å². The van der Waals surface area contributed by atoms with E-state index in [0.717, 1.165) is 100 Å². The van der Waals surface area contributed by atoms with Crippen molar-refractivity contribution in [3.8, 4) is 67.3 Å². The van der Waals surface area contributed by atoms with E-state index in [1.54, 1.807) is 12.4 Å². The number of hydrogen-bond acceptors (Lipinski definition) is 6. The van der Waals surface area contributed by atoms with Crippen LogP contribution in [0.5, 0.6) is 0 Å². The largest absolute Gasteiger partial charge is 0.354 e. The monoisotopic (exact) mass is 1220 g/mol. The lowest BCUT2D eigenvalue weighted by atomic mass is 9.78. The predicted octanol–water partition coefficient (Wildman–Crippen LogP) is 22.8. The number of hydrogen-bond donors (Lipinski definition) is 2. The summed E-state index contributed by atoms with van der Waals surface area (Å²) < 4.78 is 0. The molecule has 0 aliphatic carbocycles. The van der Waals surface area contributed by atoms with Crippen LogP contribution < -0.4 is 0 Å². The number of benzene rings is 5. The van der Waals surface area contributed by atoms with Crippen LogP contribution >= 0.6 is 0 Å². The Morgan fingerprint density at radius 2 is 0.478 bits per heavy atom. The van der Waals surface area contributed by atoms with Gasteiger partial charge in [0.25, 0.3) is 0 Å². The lowest BCUT2D eigenvalue weighted by Gasteiger charge is -2.26. The number of nitrogens with zero attached hydrogens (tertiary/aromatic N) is 6. The lowest BCUT2D eigenvalue weighted by molar-refractivity contribution is 0.568. The van der Waals surface area contributed by atoms with Crippen molar-refractivity contribution in [2.45, 2.75) is 209 Å². The van der Waals surface area contributed by atoms with Crippen LogP contribution in [0.1, 0.15) is 222 Å². The number of aromatic amines is 2. The normalized spacial score (nSPS) is 13.6. The van der Waals surface area contributed by atoms with Gasteiger partial charge in [-0.3, -0.25) is 9.97 Å². The zero-order valence-corrected chi connectivity index (χ0v) is 59.4. The molecule has 0 atom stereocenters. The fraction of sp³-hybridized carbons (Fsp3) is 0.381. The second-order valence-electron chi connectivity index (χ2n) is 34.6. The molecule has 7 heterocycles. The lowest BCUT2D eigenvalue weighted by Crippen LogP contribution is -2.16. The van der Waals surface area contributed by atoms with Crippen molar-refractivity contribution >= 4 is 56.3 Å². The summed E-state index contributed by atoms with van der Waals surface area (Å²) >= 11 is 0. The third-order valence-corrected chi connectivity index (χ3v) is 18.8. The maximum absolute atomic E-state index is 6.19. The van der Waals surface area contributed by atoms with Crippen molar-refractivity contribution in [1.29, 1.82) is 0 Å². The molecular weight excluding hydrogens is 1120 g/mol. The molecule has 0 unspecified atom stereocenters. The molecule has 0 saturated heterocycles. The minimum absolute atomic E-state index is 0.149. The minimum atomic E-state index is -0.196. The van der Waals surface area contributed by atoms with Gasteiger partial charge in [-0.05, 0) is 159 Å². The Morgan fingerprint density at radius 1 is 0.239 bits per heavy atom. The van der Waals surface area contributed by atoms with Crippen LogP contribution in [0.4, 0.5) is 0 Å². The van der Waals surface area contributed by atoms with Gasteiger partial charge in [0.05, 0.1) is 33.5 Å². The summed E-state index contributed by atoms with van der Waals surface area (Å²) in [6.07, 6.45) is 7.97. The minimum Gasteiger partial charge on any atom is -0.354 e. The topological polar surface area (TPSA) is 109 Å². The van der Waals surface area contributed by atoms with E-state index in [1.807, 2.05) is 12.1 Å². The van der Waals surface area contributed by atoms with Crippen molar-refractivity contribution in [3.63, 3.8) is 0 Å². The second-order valence-corrected chi connectivity index (χ2v) is 34.6. The maximum Gasteiger partial charge on any atom is 0.118 e. The first kappa shape index (κ1) is 63.8. The molecule has 0 radical (unpaired) electrons. The van der Waals surface area contributed by atoms with E-state index in [9.17, 15) is 0 Å². The summed E-state index contributed by atoms with van der Waals surface area (Å²) in [5.74, 6) is 0. The predicted molar refractivity (Wildman–Crippen MR) is 392 cm³/mol. The summed E-state index contributed by atoms with van der Waals surface area (Å²) in [6.45, 7) is 55.5. The molecule has 92 heavy (non-hydrogen) atoms. The number of aromatic nitrogens is 8. The van der Waals surface area contributed by atoms with Gasteiger partial charge in [-0.1, -0.05) is 239 Å². The first-order valence-corrected chi connectivity index (χ1v) is 33.2. The van der Waals surface area contributed by atoms with Gasteiger partial charge in [-0.15, -0.1) is 0 Å². The molecule has 2 N–H and O–H groups in total. The smallest absolute Gasteiger partial charge is 0.118 e. The Hall–Kier alpha value is -8.36. The van der Waals surface area contributed by atoms with E-state index >= 15 is 0 Å². The van der Waals surface area contributed by atoms with Gasteiger partial charge in [0, 0.05) is 56.7 Å². The number of nitrogens with one attached hydrogen (secondary N) is 2. The zero-order valence-electron chi connectivity index (χ0n) is 59.4. The van der Waals surface area contributed by atoms with Crippen LogP contribution in [-0.2, 0) is 43.3 Å². The van der Waals surface area contributed by atoms with Crippen molar-refractivity contribution < 1.29 is 0 Å². The third-order valence-electron chi connectivity index (χ3n) is 18.8. The van der Waals surface area contributed by atoms with E-state index in [1.165, 1.54) is 44.5 Å². The molecule has 12 rings (SSSR count). The average molecular weight is 1220 g/mol. The van der Waals surface area contributed by atoms with Crippen LogP contribution in [0.3, 0.4) is 0 Å². The molecule has 5 aromatic heterocycles. The van der Waals surface area contributed by atoms with E-state index in [4.69, 9.17) is 29.9 Å². The van der Waals surface area contributed by atoms with Crippen LogP contribution in [0.15, 0.2) is 122 Å². The molecule has 2 aliphatic rings. The zero-order chi connectivity index (χ0) is 66.5. The van der Waals surface area contributed by atoms with Gasteiger partial charge in [0.1, 0.15) is 22.8 Å². The van der Waals surface area contributed by atoms with Crippen LogP contribution in [0, 0.1) is 0 Å². The van der Waals surface area contributed by atoms with Crippen LogP contribution in [-0.4, -0.2) is 39.9 Å². The summed E-state index contributed by atoms with van der Waals surface area (Å²) in [6, 6.07) is 41.9. The molecule has 5 aromatic carbocycles. The molecule has 0 amide bonds. The van der Waals surface area contributed by atoms with Crippen LogP contribution in [0.2, 0.25) is 0 Å². The SMILES string of the molecule is CC(C)(C)c1cc(-c2c3nc(c(-c4cc(C(C)(C)C)cc(C(C)(C)C)c4)c4ccc([nH]4)c(-c4cc(C(C)(C)C)cc(C(C)(C)C)c4)c4nc(c(-c5cc(C(C)(C)C)cc(C(C)(C)C)c5)c5ccc2[nH]5)-c2nc5cc6nccnc6cc5nc2-4)C=C3)cc(C(C)(C)C)c1. The van der Waals surface area contributed by atoms with Gasteiger partial charge >= 0.3 is 0 Å². The van der Waals surface area contributed by atoms with E-state index in [-0.39, 0.29) is 43.3 Å². The van der Waals surface area contributed by atoms with Crippen molar-refractivity contribution in [1.82, 2.24) is 39.9 Å². The van der Waals surface area contributed by atoms with E-state index < -0.39 is 0 Å². The van der Waals surface area contributed by atoms with Crippen molar-refractivity contribution in [2.75, 3.05) is 0 Å². The third kappa shape index (κ3) is 12.1. The number of fused-ring (bicyclic) bond motifs is 13. The molecule has 0 spiro atoms. The Kier molecular flexibility index (Phi) is 15.0. The van der Waals surface area contributed by atoms with Crippen molar-refractivity contribution in [3.05, 3.63) is 177 Å². The molecule has 10 aromatic rings. The first-order valence-electron chi connectivity index (χ1n) is 33.2. The second kappa shape index (κ2) is 21.6. The summed E-state index contributed by atoms with van der Waals surface area (Å²) in [5.41, 5.74) is 27.9. The molecular formula is C84H96N8. The van der Waals surface area contributed by atoms with Gasteiger partial charge in [0.15, 0.2) is 0 Å². The highest BCUT2D eigenvalue weighted by Crippen LogP contribution is 2.49. The fourth-order valence-corrected chi connectivity index (χ4v) is 12.7. The highest BCUT2D eigenvalue weighted by Gasteiger charge is 2.33. The maximum atomic E-state index is 6.19. The van der Waals surface area contributed by atoms with Gasteiger partial charge in [0.2, 0.25) is 0 Å².